The maximum absolute atomic E-state index is 12.6. The number of rotatable bonds is 2. The van der Waals surface area contributed by atoms with Crippen molar-refractivity contribution in [3.8, 4) is 0 Å². The third-order valence-corrected chi connectivity index (χ3v) is 6.11. The number of aromatic nitrogens is 1. The summed E-state index contributed by atoms with van der Waals surface area (Å²) in [5.41, 5.74) is 0.611. The monoisotopic (exact) mass is 321 g/mol. The van der Waals surface area contributed by atoms with Gasteiger partial charge in [-0.25, -0.2) is 4.98 Å². The molecule has 0 spiro atoms. The van der Waals surface area contributed by atoms with E-state index in [1.807, 2.05) is 17.2 Å². The number of hydrogen-bond donors (Lipinski definition) is 0. The van der Waals surface area contributed by atoms with Gasteiger partial charge in [-0.05, 0) is 32.9 Å². The van der Waals surface area contributed by atoms with E-state index in [2.05, 4.69) is 9.88 Å². The van der Waals surface area contributed by atoms with E-state index in [1.165, 1.54) is 25.9 Å². The zero-order valence-electron chi connectivity index (χ0n) is 13.0. The minimum atomic E-state index is 0.0962. The average Bonchev–Trinajstić information content (AvgIpc) is 3.25. The Bertz CT molecular complexity index is 555. The van der Waals surface area contributed by atoms with Gasteiger partial charge in [-0.3, -0.25) is 9.69 Å². The van der Waals surface area contributed by atoms with E-state index in [-0.39, 0.29) is 5.91 Å². The summed E-state index contributed by atoms with van der Waals surface area (Å²) in [6.07, 6.45) is 2.60. The molecule has 6 heteroatoms. The third-order valence-electron chi connectivity index (χ3n) is 5.34. The second-order valence-corrected chi connectivity index (χ2v) is 7.80. The van der Waals surface area contributed by atoms with Crippen LogP contribution < -0.4 is 0 Å². The Morgan fingerprint density at radius 2 is 2.14 bits per heavy atom. The lowest BCUT2D eigenvalue weighted by Crippen LogP contribution is -2.49. The molecule has 4 rings (SSSR count). The van der Waals surface area contributed by atoms with Crippen LogP contribution in [0.3, 0.4) is 0 Å². The molecule has 0 aliphatic carbocycles. The van der Waals surface area contributed by atoms with E-state index >= 15 is 0 Å². The van der Waals surface area contributed by atoms with Crippen LogP contribution in [0.5, 0.6) is 0 Å². The first-order valence-corrected chi connectivity index (χ1v) is 9.13. The molecule has 4 heterocycles. The summed E-state index contributed by atoms with van der Waals surface area (Å²) in [5, 5.41) is 2.84. The Labute approximate surface area is 135 Å². The Morgan fingerprint density at radius 3 is 2.86 bits per heavy atom. The molecule has 3 aliphatic heterocycles. The van der Waals surface area contributed by atoms with E-state index in [1.54, 1.807) is 11.3 Å². The second-order valence-electron chi connectivity index (χ2n) is 6.73. The van der Waals surface area contributed by atoms with Crippen molar-refractivity contribution in [3.05, 3.63) is 16.1 Å². The van der Waals surface area contributed by atoms with Crippen molar-refractivity contribution in [2.75, 3.05) is 39.4 Å². The first-order valence-electron chi connectivity index (χ1n) is 8.25. The number of ether oxygens (including phenoxy) is 1. The fraction of sp³-hybridized carbons (Fsp3) is 0.750. The molecule has 3 aliphatic rings. The summed E-state index contributed by atoms with van der Waals surface area (Å²) in [7, 11) is 0. The Morgan fingerprint density at radius 1 is 1.32 bits per heavy atom. The minimum Gasteiger partial charge on any atom is -0.379 e. The van der Waals surface area contributed by atoms with E-state index < -0.39 is 0 Å². The van der Waals surface area contributed by atoms with Gasteiger partial charge in [-0.2, -0.15) is 0 Å². The molecular formula is C16H23N3O2S. The Hall–Kier alpha value is -0.980. The summed E-state index contributed by atoms with van der Waals surface area (Å²) < 4.78 is 5.85. The molecule has 0 bridgehead atoms. The van der Waals surface area contributed by atoms with Crippen LogP contribution in [0, 0.1) is 18.8 Å². The van der Waals surface area contributed by atoms with Crippen LogP contribution in [0.1, 0.15) is 28.3 Å². The molecule has 3 fully saturated rings. The summed E-state index contributed by atoms with van der Waals surface area (Å²) in [6.45, 7) is 7.65. The van der Waals surface area contributed by atoms with Crippen LogP contribution in [-0.2, 0) is 4.74 Å². The molecule has 0 aromatic carbocycles. The van der Waals surface area contributed by atoms with Gasteiger partial charge in [0.15, 0.2) is 0 Å². The molecule has 22 heavy (non-hydrogen) atoms. The summed E-state index contributed by atoms with van der Waals surface area (Å²) in [5.74, 6) is 1.15. The van der Waals surface area contributed by atoms with Crippen molar-refractivity contribution in [2.45, 2.75) is 25.8 Å². The highest BCUT2D eigenvalue weighted by atomic mass is 32.1. The number of likely N-dealkylation sites (tertiary alicyclic amines) is 2. The first kappa shape index (κ1) is 14.6. The Kier molecular flexibility index (Phi) is 3.92. The molecule has 120 valence electrons. The van der Waals surface area contributed by atoms with Crippen molar-refractivity contribution in [1.29, 1.82) is 0 Å². The van der Waals surface area contributed by atoms with E-state index in [4.69, 9.17) is 4.74 Å². The molecular weight excluding hydrogens is 298 g/mol. The van der Waals surface area contributed by atoms with Gasteiger partial charge in [0.2, 0.25) is 0 Å². The predicted molar refractivity (Wildman–Crippen MR) is 85.1 cm³/mol. The molecule has 0 unspecified atom stereocenters. The van der Waals surface area contributed by atoms with Gasteiger partial charge in [0.25, 0.3) is 5.91 Å². The van der Waals surface area contributed by atoms with E-state index in [9.17, 15) is 4.79 Å². The number of carbonyl (C=O) groups is 1. The van der Waals surface area contributed by atoms with Crippen LogP contribution >= 0.6 is 11.3 Å². The van der Waals surface area contributed by atoms with Gasteiger partial charge in [0.05, 0.1) is 18.2 Å². The fourth-order valence-corrected chi connectivity index (χ4v) is 4.80. The van der Waals surface area contributed by atoms with Gasteiger partial charge in [0, 0.05) is 36.3 Å². The largest absolute Gasteiger partial charge is 0.379 e. The minimum absolute atomic E-state index is 0.0962. The third kappa shape index (κ3) is 2.57. The SMILES string of the molecule is Cc1nc(C(=O)N2C[C@@H]3COC[C@@H](N4CCCC4)[C@@H]3C2)cs1. The highest BCUT2D eigenvalue weighted by Gasteiger charge is 2.45. The van der Waals surface area contributed by atoms with Crippen molar-refractivity contribution in [3.63, 3.8) is 0 Å². The van der Waals surface area contributed by atoms with Crippen molar-refractivity contribution in [1.82, 2.24) is 14.8 Å². The summed E-state index contributed by atoms with van der Waals surface area (Å²) in [6, 6.07) is 0.497. The highest BCUT2D eigenvalue weighted by molar-refractivity contribution is 7.09. The van der Waals surface area contributed by atoms with Crippen LogP contribution in [0.25, 0.3) is 0 Å². The smallest absolute Gasteiger partial charge is 0.273 e. The molecule has 3 saturated heterocycles. The normalized spacial score (nSPS) is 32.4. The zero-order valence-corrected chi connectivity index (χ0v) is 13.8. The molecule has 5 nitrogen and oxygen atoms in total. The van der Waals surface area contributed by atoms with Crippen LogP contribution in [0.4, 0.5) is 0 Å². The van der Waals surface area contributed by atoms with Gasteiger partial charge in [0.1, 0.15) is 5.69 Å². The second kappa shape index (κ2) is 5.91. The quantitative estimate of drug-likeness (QED) is 0.831. The highest BCUT2D eigenvalue weighted by Crippen LogP contribution is 2.34. The number of carbonyl (C=O) groups excluding carboxylic acids is 1. The topological polar surface area (TPSA) is 45.7 Å². The molecule has 0 radical (unpaired) electrons. The number of thiazole rings is 1. The van der Waals surface area contributed by atoms with Crippen molar-refractivity contribution < 1.29 is 9.53 Å². The average molecular weight is 321 g/mol. The number of fused-ring (bicyclic) bond motifs is 1. The maximum atomic E-state index is 12.6. The number of amides is 1. The van der Waals surface area contributed by atoms with E-state index in [0.29, 0.717) is 23.6 Å². The number of aryl methyl sites for hydroxylation is 1. The molecule has 1 aromatic rings. The Balaban J connectivity index is 1.48. The molecule has 0 N–H and O–H groups in total. The first-order chi connectivity index (χ1) is 10.7. The standard InChI is InChI=1S/C16H23N3O2S/c1-11-17-14(10-22-11)16(20)19-6-12-8-21-9-15(13(12)7-19)18-4-2-3-5-18/h10,12-13,15H,2-9H2,1H3/t12-,13-,15-/m1/s1. The summed E-state index contributed by atoms with van der Waals surface area (Å²) >= 11 is 1.55. The molecule has 1 aromatic heterocycles. The molecule has 1 amide bonds. The fourth-order valence-electron chi connectivity index (χ4n) is 4.21. The van der Waals surface area contributed by atoms with Crippen molar-refractivity contribution >= 4 is 17.2 Å². The lowest BCUT2D eigenvalue weighted by atomic mass is 9.87. The van der Waals surface area contributed by atoms with Crippen molar-refractivity contribution in [2.24, 2.45) is 11.8 Å². The molecule has 3 atom stereocenters. The number of hydrogen-bond acceptors (Lipinski definition) is 5. The van der Waals surface area contributed by atoms with Gasteiger partial charge >= 0.3 is 0 Å². The zero-order chi connectivity index (χ0) is 15.1. The predicted octanol–water partition coefficient (Wildman–Crippen LogP) is 1.63. The van der Waals surface area contributed by atoms with Gasteiger partial charge < -0.3 is 9.64 Å². The van der Waals surface area contributed by atoms with Gasteiger partial charge in [-0.1, -0.05) is 0 Å². The van der Waals surface area contributed by atoms with Gasteiger partial charge in [-0.15, -0.1) is 11.3 Å². The van der Waals surface area contributed by atoms with Crippen LogP contribution in [0.2, 0.25) is 0 Å². The summed E-state index contributed by atoms with van der Waals surface area (Å²) in [4.78, 5) is 21.6. The maximum Gasteiger partial charge on any atom is 0.273 e. The van der Waals surface area contributed by atoms with E-state index in [0.717, 1.165) is 31.3 Å². The molecule has 0 saturated carbocycles. The number of nitrogens with zero attached hydrogens (tertiary/aromatic N) is 3. The lowest BCUT2D eigenvalue weighted by molar-refractivity contribution is -0.0308. The lowest BCUT2D eigenvalue weighted by Gasteiger charge is -2.38. The van der Waals surface area contributed by atoms with Crippen LogP contribution in [-0.4, -0.2) is 66.1 Å². The van der Waals surface area contributed by atoms with Crippen LogP contribution in [0.15, 0.2) is 5.38 Å².